The van der Waals surface area contributed by atoms with Crippen LogP contribution in [-0.4, -0.2) is 69.2 Å². The fraction of sp³-hybridized carbons (Fsp3) is 1.00. The lowest BCUT2D eigenvalue weighted by Gasteiger charge is -2.07. The second-order valence-corrected chi connectivity index (χ2v) is 4.60. The van der Waals surface area contributed by atoms with E-state index in [-0.39, 0.29) is 13.2 Å². The zero-order valence-electron chi connectivity index (χ0n) is 11.2. The Morgan fingerprint density at radius 1 is 0.737 bits per heavy atom. The van der Waals surface area contributed by atoms with Crippen LogP contribution >= 0.6 is 7.82 Å². The van der Waals surface area contributed by atoms with Gasteiger partial charge in [-0.25, -0.2) is 4.57 Å². The maximum Gasteiger partial charge on any atom is 0.469 e. The number of hydrogen-bond acceptors (Lipinski definition) is 6. The SMILES string of the molecule is CCOCCOCCOCCOCCOP(=O)(O)O. The lowest BCUT2D eigenvalue weighted by atomic mass is 10.7. The van der Waals surface area contributed by atoms with Gasteiger partial charge in [-0.2, -0.15) is 0 Å². The highest BCUT2D eigenvalue weighted by Gasteiger charge is 2.12. The molecule has 0 aromatic rings. The minimum Gasteiger partial charge on any atom is -0.379 e. The molecule has 8 nitrogen and oxygen atoms in total. The molecule has 0 aromatic heterocycles. The fourth-order valence-corrected chi connectivity index (χ4v) is 1.33. The minimum atomic E-state index is -4.39. The van der Waals surface area contributed by atoms with E-state index in [0.717, 1.165) is 0 Å². The second kappa shape index (κ2) is 13.0. The molecule has 0 heterocycles. The minimum absolute atomic E-state index is 0.110. The molecule has 0 fully saturated rings. The average molecular weight is 302 g/mol. The molecule has 0 saturated heterocycles. The van der Waals surface area contributed by atoms with Crippen molar-refractivity contribution in [2.24, 2.45) is 0 Å². The van der Waals surface area contributed by atoms with Gasteiger partial charge in [0.1, 0.15) is 0 Å². The molecule has 0 unspecified atom stereocenters. The summed E-state index contributed by atoms with van der Waals surface area (Å²) in [4.78, 5) is 16.8. The molecule has 0 atom stereocenters. The summed E-state index contributed by atoms with van der Waals surface area (Å²) in [5, 5.41) is 0. The molecule has 0 rings (SSSR count). The first-order valence-electron chi connectivity index (χ1n) is 6.07. The maximum absolute atomic E-state index is 10.3. The van der Waals surface area contributed by atoms with Crippen molar-refractivity contribution in [2.45, 2.75) is 6.92 Å². The van der Waals surface area contributed by atoms with Crippen LogP contribution in [0.1, 0.15) is 6.92 Å². The van der Waals surface area contributed by atoms with Crippen LogP contribution in [0.5, 0.6) is 0 Å². The zero-order chi connectivity index (χ0) is 14.4. The van der Waals surface area contributed by atoms with E-state index in [2.05, 4.69) is 4.52 Å². The Bertz CT molecular complexity index is 232. The summed E-state index contributed by atoms with van der Waals surface area (Å²) in [6.07, 6.45) is 0. The van der Waals surface area contributed by atoms with Crippen LogP contribution in [0.2, 0.25) is 0 Å². The van der Waals surface area contributed by atoms with Gasteiger partial charge in [-0.15, -0.1) is 0 Å². The number of rotatable bonds is 14. The van der Waals surface area contributed by atoms with E-state index in [9.17, 15) is 4.57 Å². The van der Waals surface area contributed by atoms with Crippen LogP contribution in [0.3, 0.4) is 0 Å². The van der Waals surface area contributed by atoms with Crippen LogP contribution in [0, 0.1) is 0 Å². The third-order valence-corrected chi connectivity index (χ3v) is 2.33. The Kier molecular flexibility index (Phi) is 12.9. The summed E-state index contributed by atoms with van der Waals surface area (Å²) < 4.78 is 35.0. The quantitative estimate of drug-likeness (QED) is 0.346. The van der Waals surface area contributed by atoms with Crippen molar-refractivity contribution >= 4 is 7.82 Å². The van der Waals surface area contributed by atoms with E-state index in [1.54, 1.807) is 0 Å². The van der Waals surface area contributed by atoms with Crippen LogP contribution in [-0.2, 0) is 28.0 Å². The van der Waals surface area contributed by atoms with Gasteiger partial charge in [-0.3, -0.25) is 4.52 Å². The van der Waals surface area contributed by atoms with E-state index in [4.69, 9.17) is 28.7 Å². The predicted octanol–water partition coefficient (Wildman–Crippen LogP) is 0.182. The first kappa shape index (κ1) is 18.9. The van der Waals surface area contributed by atoms with Crippen LogP contribution in [0.4, 0.5) is 0 Å². The molecular formula is C10H23O8P. The summed E-state index contributed by atoms with van der Waals surface area (Å²) in [6.45, 7) is 5.39. The molecule has 0 saturated carbocycles. The normalized spacial score (nSPS) is 11.9. The Balaban J connectivity index is 3.01. The Morgan fingerprint density at radius 2 is 1.11 bits per heavy atom. The molecule has 0 aliphatic carbocycles. The molecule has 0 bridgehead atoms. The first-order chi connectivity index (χ1) is 9.06. The summed E-state index contributed by atoms with van der Waals surface area (Å²) in [5.41, 5.74) is 0. The molecule has 0 spiro atoms. The summed E-state index contributed by atoms with van der Waals surface area (Å²) >= 11 is 0. The Hall–Kier alpha value is -0.0500. The van der Waals surface area contributed by atoms with Crippen LogP contribution < -0.4 is 0 Å². The van der Waals surface area contributed by atoms with Crippen molar-refractivity contribution in [1.82, 2.24) is 0 Å². The molecule has 9 heteroatoms. The maximum atomic E-state index is 10.3. The molecule has 0 radical (unpaired) electrons. The van der Waals surface area contributed by atoms with Gasteiger partial charge >= 0.3 is 7.82 Å². The van der Waals surface area contributed by atoms with Gasteiger partial charge in [-0.05, 0) is 6.92 Å². The number of hydrogen-bond donors (Lipinski definition) is 2. The van der Waals surface area contributed by atoms with E-state index in [1.165, 1.54) is 0 Å². The van der Waals surface area contributed by atoms with Crippen LogP contribution in [0.15, 0.2) is 0 Å². The van der Waals surface area contributed by atoms with Crippen molar-refractivity contribution in [3.63, 3.8) is 0 Å². The van der Waals surface area contributed by atoms with Gasteiger partial charge in [0.05, 0.1) is 52.9 Å². The van der Waals surface area contributed by atoms with E-state index in [0.29, 0.717) is 46.2 Å². The van der Waals surface area contributed by atoms with E-state index >= 15 is 0 Å². The summed E-state index contributed by atoms with van der Waals surface area (Å²) in [6, 6.07) is 0. The third kappa shape index (κ3) is 17.9. The molecule has 19 heavy (non-hydrogen) atoms. The van der Waals surface area contributed by atoms with Crippen molar-refractivity contribution in [2.75, 3.05) is 59.5 Å². The van der Waals surface area contributed by atoms with Gasteiger partial charge < -0.3 is 28.7 Å². The van der Waals surface area contributed by atoms with Crippen molar-refractivity contribution in [1.29, 1.82) is 0 Å². The highest BCUT2D eigenvalue weighted by Crippen LogP contribution is 2.35. The zero-order valence-corrected chi connectivity index (χ0v) is 12.0. The molecule has 0 aliphatic rings. The predicted molar refractivity (Wildman–Crippen MR) is 66.9 cm³/mol. The van der Waals surface area contributed by atoms with E-state index in [1.807, 2.05) is 6.92 Å². The lowest BCUT2D eigenvalue weighted by Crippen LogP contribution is -2.13. The smallest absolute Gasteiger partial charge is 0.379 e. The highest BCUT2D eigenvalue weighted by molar-refractivity contribution is 7.46. The molecule has 0 amide bonds. The molecular weight excluding hydrogens is 279 g/mol. The van der Waals surface area contributed by atoms with Gasteiger partial charge in [0.2, 0.25) is 0 Å². The van der Waals surface area contributed by atoms with Gasteiger partial charge in [0, 0.05) is 6.61 Å². The highest BCUT2D eigenvalue weighted by atomic mass is 31.2. The van der Waals surface area contributed by atoms with Crippen molar-refractivity contribution in [3.05, 3.63) is 0 Å². The van der Waals surface area contributed by atoms with Gasteiger partial charge in [0.25, 0.3) is 0 Å². The molecule has 0 aliphatic heterocycles. The topological polar surface area (TPSA) is 104 Å². The monoisotopic (exact) mass is 302 g/mol. The molecule has 0 aromatic carbocycles. The molecule has 2 N–H and O–H groups in total. The largest absolute Gasteiger partial charge is 0.469 e. The standard InChI is InChI=1S/C10H23O8P/c1-2-14-3-4-15-5-6-16-7-8-17-9-10-18-19(11,12)13/h2-10H2,1H3,(H2,11,12,13). The molecule has 116 valence electrons. The summed E-state index contributed by atoms with van der Waals surface area (Å²) in [7, 11) is -4.39. The van der Waals surface area contributed by atoms with Crippen LogP contribution in [0.25, 0.3) is 0 Å². The number of phosphoric acid groups is 1. The lowest BCUT2D eigenvalue weighted by molar-refractivity contribution is -0.00440. The fourth-order valence-electron chi connectivity index (χ4n) is 1.02. The van der Waals surface area contributed by atoms with E-state index < -0.39 is 7.82 Å². The average Bonchev–Trinajstić information content (AvgIpc) is 2.34. The van der Waals surface area contributed by atoms with Crippen molar-refractivity contribution in [3.8, 4) is 0 Å². The van der Waals surface area contributed by atoms with Gasteiger partial charge in [0.15, 0.2) is 0 Å². The number of phosphoric ester groups is 1. The number of ether oxygens (including phenoxy) is 4. The van der Waals surface area contributed by atoms with Gasteiger partial charge in [-0.1, -0.05) is 0 Å². The second-order valence-electron chi connectivity index (χ2n) is 3.36. The first-order valence-corrected chi connectivity index (χ1v) is 7.60. The Labute approximate surface area is 113 Å². The van der Waals surface area contributed by atoms with Crippen molar-refractivity contribution < 1.29 is 37.8 Å². The summed E-state index contributed by atoms with van der Waals surface area (Å²) in [5.74, 6) is 0. The third-order valence-electron chi connectivity index (χ3n) is 1.81. The Morgan fingerprint density at radius 3 is 1.47 bits per heavy atom.